The highest BCUT2D eigenvalue weighted by molar-refractivity contribution is 5.48. The molecule has 0 aliphatic carbocycles. The Morgan fingerprint density at radius 1 is 1.42 bits per heavy atom. The number of para-hydroxylation sites is 1. The lowest BCUT2D eigenvalue weighted by molar-refractivity contribution is 0.279. The van der Waals surface area contributed by atoms with E-state index in [4.69, 9.17) is 4.74 Å². The van der Waals surface area contributed by atoms with Gasteiger partial charge in [0.25, 0.3) is 0 Å². The second-order valence-electron chi connectivity index (χ2n) is 2.52. The van der Waals surface area contributed by atoms with E-state index in [2.05, 4.69) is 11.6 Å². The van der Waals surface area contributed by atoms with E-state index in [0.717, 1.165) is 16.3 Å². The summed E-state index contributed by atoms with van der Waals surface area (Å²) in [6.07, 6.45) is 1.72. The summed E-state index contributed by atoms with van der Waals surface area (Å²) < 4.78 is 5.29. The molecule has 12 heavy (non-hydrogen) atoms. The molecule has 1 aromatic carbocycles. The lowest BCUT2D eigenvalue weighted by Crippen LogP contribution is -2.31. The standard InChI is InChI=1S/C10H9NO/c1-2-10-8-5-3-4-6-9(8)11-7-12-10/h2-6H,1,7H2. The molecule has 0 atom stereocenters. The maximum atomic E-state index is 5.29. The van der Waals surface area contributed by atoms with Crippen molar-refractivity contribution in [1.82, 2.24) is 0 Å². The van der Waals surface area contributed by atoms with Crippen molar-refractivity contribution in [2.75, 3.05) is 6.73 Å². The molecule has 0 saturated heterocycles. The first-order valence-electron chi connectivity index (χ1n) is 3.81. The van der Waals surface area contributed by atoms with Crippen molar-refractivity contribution in [1.29, 1.82) is 0 Å². The monoisotopic (exact) mass is 159 g/mol. The zero-order valence-electron chi connectivity index (χ0n) is 6.66. The summed E-state index contributed by atoms with van der Waals surface area (Å²) in [4.78, 5) is 4.20. The van der Waals surface area contributed by atoms with E-state index in [-0.39, 0.29) is 0 Å². The fourth-order valence-corrected chi connectivity index (χ4v) is 1.24. The van der Waals surface area contributed by atoms with E-state index in [1.807, 2.05) is 24.3 Å². The first-order valence-corrected chi connectivity index (χ1v) is 3.81. The van der Waals surface area contributed by atoms with Gasteiger partial charge in [0.15, 0.2) is 6.73 Å². The van der Waals surface area contributed by atoms with Gasteiger partial charge in [0.1, 0.15) is 5.76 Å². The molecule has 0 N–H and O–H groups in total. The molecule has 2 heteroatoms. The van der Waals surface area contributed by atoms with Crippen molar-refractivity contribution >= 4 is 5.76 Å². The van der Waals surface area contributed by atoms with Gasteiger partial charge in [0.05, 0.1) is 5.36 Å². The third-order valence-corrected chi connectivity index (χ3v) is 1.81. The predicted octanol–water partition coefficient (Wildman–Crippen LogP) is 0.588. The van der Waals surface area contributed by atoms with Crippen molar-refractivity contribution in [3.8, 4) is 0 Å². The SMILES string of the molecule is C=CC1=c2ccccc2=NCO1. The molecule has 0 saturated carbocycles. The number of ether oxygens (including phenoxy) is 1. The molecule has 1 aromatic rings. The third-order valence-electron chi connectivity index (χ3n) is 1.81. The third kappa shape index (κ3) is 1.01. The van der Waals surface area contributed by atoms with Crippen molar-refractivity contribution in [2.45, 2.75) is 0 Å². The minimum atomic E-state index is 0.401. The van der Waals surface area contributed by atoms with Gasteiger partial charge in [-0.3, -0.25) is 0 Å². The van der Waals surface area contributed by atoms with Crippen LogP contribution in [0.5, 0.6) is 0 Å². The Kier molecular flexibility index (Phi) is 1.67. The predicted molar refractivity (Wildman–Crippen MR) is 46.8 cm³/mol. The number of rotatable bonds is 1. The number of hydrogen-bond acceptors (Lipinski definition) is 2. The van der Waals surface area contributed by atoms with Crippen molar-refractivity contribution < 1.29 is 4.74 Å². The number of hydrogen-bond donors (Lipinski definition) is 0. The number of benzene rings is 1. The van der Waals surface area contributed by atoms with Crippen LogP contribution in [0.15, 0.2) is 41.9 Å². The molecule has 0 amide bonds. The highest BCUT2D eigenvalue weighted by Gasteiger charge is 2.00. The molecule has 0 spiro atoms. The van der Waals surface area contributed by atoms with Crippen LogP contribution in [0.1, 0.15) is 0 Å². The normalized spacial score (nSPS) is 14.2. The highest BCUT2D eigenvalue weighted by atomic mass is 16.5. The fourth-order valence-electron chi connectivity index (χ4n) is 1.24. The van der Waals surface area contributed by atoms with Crippen molar-refractivity contribution in [3.05, 3.63) is 47.5 Å². The van der Waals surface area contributed by atoms with Crippen LogP contribution in [-0.4, -0.2) is 6.73 Å². The average Bonchev–Trinajstić information content (AvgIpc) is 2.17. The minimum absolute atomic E-state index is 0.401. The number of fused-ring (bicyclic) bond motifs is 1. The van der Waals surface area contributed by atoms with Gasteiger partial charge in [0, 0.05) is 5.22 Å². The Balaban J connectivity index is 2.87. The van der Waals surface area contributed by atoms with Crippen LogP contribution in [0.4, 0.5) is 0 Å². The van der Waals surface area contributed by atoms with Gasteiger partial charge in [0.2, 0.25) is 0 Å². The molecule has 0 bridgehead atoms. The van der Waals surface area contributed by atoms with Gasteiger partial charge < -0.3 is 4.74 Å². The van der Waals surface area contributed by atoms with E-state index < -0.39 is 0 Å². The van der Waals surface area contributed by atoms with Gasteiger partial charge in [-0.25, -0.2) is 4.99 Å². The molecule has 0 fully saturated rings. The van der Waals surface area contributed by atoms with E-state index >= 15 is 0 Å². The van der Waals surface area contributed by atoms with Crippen LogP contribution in [0.25, 0.3) is 5.76 Å². The molecule has 2 nitrogen and oxygen atoms in total. The van der Waals surface area contributed by atoms with Crippen molar-refractivity contribution in [2.24, 2.45) is 4.99 Å². The first kappa shape index (κ1) is 7.10. The quantitative estimate of drug-likeness (QED) is 0.587. The fraction of sp³-hybridized carbons (Fsp3) is 0.100. The zero-order chi connectivity index (χ0) is 8.39. The van der Waals surface area contributed by atoms with Crippen LogP contribution in [0.3, 0.4) is 0 Å². The molecule has 0 radical (unpaired) electrons. The second kappa shape index (κ2) is 2.81. The molecule has 1 aliphatic heterocycles. The lowest BCUT2D eigenvalue weighted by Gasteiger charge is -2.07. The Bertz CT molecular complexity index is 420. The van der Waals surface area contributed by atoms with Gasteiger partial charge in [-0.05, 0) is 18.2 Å². The topological polar surface area (TPSA) is 21.6 Å². The van der Waals surface area contributed by atoms with E-state index in [1.165, 1.54) is 0 Å². The summed E-state index contributed by atoms with van der Waals surface area (Å²) in [6.45, 7) is 4.08. The Morgan fingerprint density at radius 2 is 2.25 bits per heavy atom. The van der Waals surface area contributed by atoms with Gasteiger partial charge in [-0.15, -0.1) is 0 Å². The maximum Gasteiger partial charge on any atom is 0.179 e. The van der Waals surface area contributed by atoms with Crippen molar-refractivity contribution in [3.63, 3.8) is 0 Å². The summed E-state index contributed by atoms with van der Waals surface area (Å²) in [6, 6.07) is 7.89. The molecular formula is C10H9NO. The largest absolute Gasteiger partial charge is 0.471 e. The summed E-state index contributed by atoms with van der Waals surface area (Å²) in [5.41, 5.74) is 0. The van der Waals surface area contributed by atoms with Gasteiger partial charge in [-0.1, -0.05) is 18.7 Å². The maximum absolute atomic E-state index is 5.29. The highest BCUT2D eigenvalue weighted by Crippen LogP contribution is 1.98. The summed E-state index contributed by atoms with van der Waals surface area (Å²) in [5.74, 6) is 0.820. The zero-order valence-corrected chi connectivity index (χ0v) is 6.66. The smallest absolute Gasteiger partial charge is 0.179 e. The van der Waals surface area contributed by atoms with Crippen LogP contribution >= 0.6 is 0 Å². The molecule has 1 aliphatic rings. The molecular weight excluding hydrogens is 150 g/mol. The number of nitrogens with zero attached hydrogens (tertiary/aromatic N) is 1. The summed E-state index contributed by atoms with van der Waals surface area (Å²) in [5, 5.41) is 2.01. The van der Waals surface area contributed by atoms with Gasteiger partial charge in [-0.2, -0.15) is 0 Å². The van der Waals surface area contributed by atoms with Crippen LogP contribution < -0.4 is 10.6 Å². The van der Waals surface area contributed by atoms with Crippen LogP contribution in [0, 0.1) is 0 Å². The molecule has 2 rings (SSSR count). The molecule has 0 unspecified atom stereocenters. The van der Waals surface area contributed by atoms with E-state index in [9.17, 15) is 0 Å². The Labute approximate surface area is 70.5 Å². The van der Waals surface area contributed by atoms with Crippen LogP contribution in [0.2, 0.25) is 0 Å². The first-order chi connectivity index (χ1) is 5.92. The molecule has 0 aromatic heterocycles. The summed E-state index contributed by atoms with van der Waals surface area (Å²) in [7, 11) is 0. The average molecular weight is 159 g/mol. The Morgan fingerprint density at radius 3 is 3.08 bits per heavy atom. The molecule has 60 valence electrons. The van der Waals surface area contributed by atoms with E-state index in [1.54, 1.807) is 6.08 Å². The second-order valence-corrected chi connectivity index (χ2v) is 2.52. The summed E-state index contributed by atoms with van der Waals surface area (Å²) >= 11 is 0. The van der Waals surface area contributed by atoms with Gasteiger partial charge >= 0.3 is 0 Å². The Hall–Kier alpha value is -1.57. The van der Waals surface area contributed by atoms with Crippen LogP contribution in [-0.2, 0) is 4.74 Å². The molecule has 1 heterocycles. The lowest BCUT2D eigenvalue weighted by atomic mass is 10.2. The van der Waals surface area contributed by atoms with E-state index in [0.29, 0.717) is 6.73 Å². The minimum Gasteiger partial charge on any atom is -0.471 e.